The normalized spacial score (nSPS) is 24.7. The molecule has 36 heavy (non-hydrogen) atoms. The third-order valence-electron chi connectivity index (χ3n) is 7.60. The average molecular weight is 492 g/mol. The number of benzene rings is 2. The highest BCUT2D eigenvalue weighted by Gasteiger charge is 2.47. The lowest BCUT2D eigenvalue weighted by Gasteiger charge is -2.33. The number of hydrogen-bond donors (Lipinski definition) is 4. The molecule has 2 aliphatic heterocycles. The van der Waals surface area contributed by atoms with E-state index < -0.39 is 18.1 Å². The fourth-order valence-electron chi connectivity index (χ4n) is 5.46. The van der Waals surface area contributed by atoms with E-state index >= 15 is 0 Å². The maximum Gasteiger partial charge on any atom is 0.246 e. The van der Waals surface area contributed by atoms with E-state index in [2.05, 4.69) is 10.6 Å². The second kappa shape index (κ2) is 11.7. The van der Waals surface area contributed by atoms with Gasteiger partial charge in [-0.3, -0.25) is 14.4 Å². The van der Waals surface area contributed by atoms with Crippen LogP contribution >= 0.6 is 0 Å². The summed E-state index contributed by atoms with van der Waals surface area (Å²) in [7, 11) is 0. The van der Waals surface area contributed by atoms with Crippen molar-refractivity contribution in [2.24, 2.45) is 17.4 Å². The van der Waals surface area contributed by atoms with E-state index in [1.807, 2.05) is 67.6 Å². The van der Waals surface area contributed by atoms with Crippen LogP contribution in [-0.4, -0.2) is 53.3 Å². The van der Waals surface area contributed by atoms with Gasteiger partial charge < -0.3 is 27.0 Å². The summed E-state index contributed by atoms with van der Waals surface area (Å²) < 4.78 is 0. The second-order valence-electron chi connectivity index (χ2n) is 9.83. The second-order valence-corrected chi connectivity index (χ2v) is 9.83. The summed E-state index contributed by atoms with van der Waals surface area (Å²) in [5.41, 5.74) is 13.9. The standard InChI is InChI=1S/C28H37N5O3/c1-2-22(30)26(34)32-25-20(17-29)13-14-21-15-16-23(33(21)28(25)36)27(35)31-24(18-9-5-3-6-10-18)19-11-7-4-8-12-19/h3-12,20-25H,2,13-17,29-30H2,1H3,(H,31,35)(H,32,34)/t20?,21?,22-,23?,25?/m0/s1. The summed E-state index contributed by atoms with van der Waals surface area (Å²) in [4.78, 5) is 41.8. The SMILES string of the molecule is CC[C@H](N)C(=O)NC1C(=O)N2C(CCC1CN)CCC2C(=O)NC(c1ccccc1)c1ccccc1. The van der Waals surface area contributed by atoms with Gasteiger partial charge in [0.05, 0.1) is 12.1 Å². The molecule has 2 heterocycles. The Kier molecular flexibility index (Phi) is 8.38. The lowest BCUT2D eigenvalue weighted by molar-refractivity contribution is -0.143. The van der Waals surface area contributed by atoms with Crippen molar-refractivity contribution in [2.75, 3.05) is 6.54 Å². The number of fused-ring (bicyclic) bond motifs is 1. The van der Waals surface area contributed by atoms with Gasteiger partial charge >= 0.3 is 0 Å². The molecule has 2 aromatic carbocycles. The molecule has 192 valence electrons. The molecule has 8 heteroatoms. The molecular formula is C28H37N5O3. The molecular weight excluding hydrogens is 454 g/mol. The molecule has 0 saturated carbocycles. The van der Waals surface area contributed by atoms with E-state index in [4.69, 9.17) is 11.5 Å². The van der Waals surface area contributed by atoms with Gasteiger partial charge in [0, 0.05) is 12.0 Å². The maximum atomic E-state index is 13.8. The number of nitrogens with zero attached hydrogens (tertiary/aromatic N) is 1. The first kappa shape index (κ1) is 25.9. The van der Waals surface area contributed by atoms with Crippen LogP contribution in [0.5, 0.6) is 0 Å². The number of carbonyl (C=O) groups excluding carboxylic acids is 3. The van der Waals surface area contributed by atoms with Crippen molar-refractivity contribution in [2.45, 2.75) is 69.2 Å². The molecule has 0 aliphatic carbocycles. The van der Waals surface area contributed by atoms with Gasteiger partial charge in [0.15, 0.2) is 0 Å². The van der Waals surface area contributed by atoms with Crippen LogP contribution in [0.2, 0.25) is 0 Å². The highest BCUT2D eigenvalue weighted by atomic mass is 16.2. The number of nitrogens with one attached hydrogen (secondary N) is 2. The molecule has 6 N–H and O–H groups in total. The van der Waals surface area contributed by atoms with E-state index in [1.165, 1.54) is 0 Å². The molecule has 3 amide bonds. The molecule has 4 rings (SSSR count). The Morgan fingerprint density at radius 1 is 0.972 bits per heavy atom. The fourth-order valence-corrected chi connectivity index (χ4v) is 5.46. The van der Waals surface area contributed by atoms with Crippen LogP contribution < -0.4 is 22.1 Å². The quantitative estimate of drug-likeness (QED) is 0.448. The van der Waals surface area contributed by atoms with Gasteiger partial charge in [0.2, 0.25) is 17.7 Å². The van der Waals surface area contributed by atoms with Crippen molar-refractivity contribution in [1.82, 2.24) is 15.5 Å². The Morgan fingerprint density at radius 2 is 1.56 bits per heavy atom. The molecule has 4 unspecified atom stereocenters. The Balaban J connectivity index is 1.58. The van der Waals surface area contributed by atoms with Crippen molar-refractivity contribution >= 4 is 17.7 Å². The van der Waals surface area contributed by atoms with Gasteiger partial charge in [-0.25, -0.2) is 0 Å². The molecule has 2 aromatic rings. The molecule has 2 aliphatic rings. The van der Waals surface area contributed by atoms with Gasteiger partial charge in [-0.15, -0.1) is 0 Å². The molecule has 8 nitrogen and oxygen atoms in total. The Hall–Kier alpha value is -3.23. The molecule has 0 radical (unpaired) electrons. The summed E-state index contributed by atoms with van der Waals surface area (Å²) in [5, 5.41) is 6.07. The first-order valence-electron chi connectivity index (χ1n) is 12.9. The summed E-state index contributed by atoms with van der Waals surface area (Å²) in [6, 6.07) is 17.2. The summed E-state index contributed by atoms with van der Waals surface area (Å²) >= 11 is 0. The molecule has 2 saturated heterocycles. The lowest BCUT2D eigenvalue weighted by Crippen LogP contribution is -2.58. The fraction of sp³-hybridized carbons (Fsp3) is 0.464. The Bertz CT molecular complexity index is 1010. The van der Waals surface area contributed by atoms with E-state index in [0.29, 0.717) is 19.3 Å². The average Bonchev–Trinajstić information content (AvgIpc) is 3.30. The number of amides is 3. The van der Waals surface area contributed by atoms with E-state index in [1.54, 1.807) is 4.90 Å². The zero-order chi connectivity index (χ0) is 25.7. The molecule has 2 fully saturated rings. The van der Waals surface area contributed by atoms with Crippen LogP contribution in [0.1, 0.15) is 56.2 Å². The van der Waals surface area contributed by atoms with Crippen LogP contribution in [0.15, 0.2) is 60.7 Å². The van der Waals surface area contributed by atoms with Crippen molar-refractivity contribution < 1.29 is 14.4 Å². The van der Waals surface area contributed by atoms with Gasteiger partial charge in [-0.05, 0) is 49.8 Å². The zero-order valence-electron chi connectivity index (χ0n) is 20.8. The van der Waals surface area contributed by atoms with Crippen LogP contribution in [0, 0.1) is 5.92 Å². The van der Waals surface area contributed by atoms with Gasteiger partial charge in [0.1, 0.15) is 12.1 Å². The van der Waals surface area contributed by atoms with Crippen molar-refractivity contribution in [3.05, 3.63) is 71.8 Å². The first-order chi connectivity index (χ1) is 17.4. The van der Waals surface area contributed by atoms with Crippen LogP contribution in [-0.2, 0) is 14.4 Å². The third kappa shape index (κ3) is 5.44. The smallest absolute Gasteiger partial charge is 0.246 e. The predicted octanol–water partition coefficient (Wildman–Crippen LogP) is 1.84. The lowest BCUT2D eigenvalue weighted by atomic mass is 9.93. The highest BCUT2D eigenvalue weighted by Crippen LogP contribution is 2.34. The van der Waals surface area contributed by atoms with Crippen LogP contribution in [0.4, 0.5) is 0 Å². The van der Waals surface area contributed by atoms with E-state index in [0.717, 1.165) is 24.0 Å². The summed E-state index contributed by atoms with van der Waals surface area (Å²) in [6.45, 7) is 2.10. The number of rotatable bonds is 8. The van der Waals surface area contributed by atoms with Crippen LogP contribution in [0.3, 0.4) is 0 Å². The van der Waals surface area contributed by atoms with Gasteiger partial charge in [0.25, 0.3) is 0 Å². The number of hydrogen-bond acceptors (Lipinski definition) is 5. The minimum atomic E-state index is -0.780. The third-order valence-corrected chi connectivity index (χ3v) is 7.60. The monoisotopic (exact) mass is 491 g/mol. The van der Waals surface area contributed by atoms with Crippen LogP contribution in [0.25, 0.3) is 0 Å². The molecule has 0 spiro atoms. The van der Waals surface area contributed by atoms with Gasteiger partial charge in [-0.2, -0.15) is 0 Å². The zero-order valence-corrected chi connectivity index (χ0v) is 20.8. The summed E-state index contributed by atoms with van der Waals surface area (Å²) in [5.74, 6) is -0.981. The van der Waals surface area contributed by atoms with E-state index in [-0.39, 0.29) is 42.3 Å². The molecule has 0 aromatic heterocycles. The van der Waals surface area contributed by atoms with Crippen molar-refractivity contribution in [1.29, 1.82) is 0 Å². The number of carbonyl (C=O) groups is 3. The topological polar surface area (TPSA) is 131 Å². The van der Waals surface area contributed by atoms with Crippen molar-refractivity contribution in [3.63, 3.8) is 0 Å². The van der Waals surface area contributed by atoms with Crippen molar-refractivity contribution in [3.8, 4) is 0 Å². The minimum absolute atomic E-state index is 0.0454. The first-order valence-corrected chi connectivity index (χ1v) is 12.9. The molecule has 0 bridgehead atoms. The highest BCUT2D eigenvalue weighted by molar-refractivity contribution is 5.94. The summed E-state index contributed by atoms with van der Waals surface area (Å²) in [6.07, 6.45) is 3.27. The Morgan fingerprint density at radius 3 is 2.11 bits per heavy atom. The minimum Gasteiger partial charge on any atom is -0.343 e. The van der Waals surface area contributed by atoms with Gasteiger partial charge in [-0.1, -0.05) is 67.6 Å². The molecule has 5 atom stereocenters. The van der Waals surface area contributed by atoms with E-state index in [9.17, 15) is 14.4 Å². The predicted molar refractivity (Wildman–Crippen MR) is 139 cm³/mol. The number of nitrogens with two attached hydrogens (primary N) is 2. The largest absolute Gasteiger partial charge is 0.343 e. The Labute approximate surface area is 212 Å². The maximum absolute atomic E-state index is 13.8.